The number of ether oxygens (including phenoxy) is 2. The molecule has 0 aromatic heterocycles. The molecule has 0 saturated carbocycles. The van der Waals surface area contributed by atoms with Crippen molar-refractivity contribution >= 4 is 0 Å². The fourth-order valence-electron chi connectivity index (χ4n) is 5.54. The Morgan fingerprint density at radius 2 is 1.25 bits per heavy atom. The quantitative estimate of drug-likeness (QED) is 0.177. The average molecular weight is 547 g/mol. The minimum Gasteiger partial charge on any atom is -0.508 e. The van der Waals surface area contributed by atoms with Crippen LogP contribution in [0.4, 0.5) is 0 Å². The highest BCUT2D eigenvalue weighted by Crippen LogP contribution is 2.54. The van der Waals surface area contributed by atoms with E-state index >= 15 is 0 Å². The monoisotopic (exact) mass is 546 g/mol. The molecule has 0 spiro atoms. The molecule has 2 aliphatic heterocycles. The van der Waals surface area contributed by atoms with E-state index in [4.69, 9.17) is 9.47 Å². The van der Waals surface area contributed by atoms with Crippen LogP contribution in [-0.4, -0.2) is 53.1 Å². The van der Waals surface area contributed by atoms with E-state index in [9.17, 15) is 40.9 Å². The molecule has 0 unspecified atom stereocenters. The highest BCUT2D eigenvalue weighted by Gasteiger charge is 2.45. The summed E-state index contributed by atoms with van der Waals surface area (Å²) in [6.45, 7) is 0. The van der Waals surface area contributed by atoms with E-state index in [1.165, 1.54) is 48.5 Å². The fraction of sp³-hybridized carbons (Fsp3) is 0.200. The third-order valence-electron chi connectivity index (χ3n) is 7.48. The number of hydrogen-bond donors (Lipinski definition) is 8. The lowest BCUT2D eigenvalue weighted by Crippen LogP contribution is -2.37. The number of rotatable bonds is 3. The van der Waals surface area contributed by atoms with Gasteiger partial charge in [-0.25, -0.2) is 0 Å². The Hall–Kier alpha value is -4.80. The van der Waals surface area contributed by atoms with Crippen molar-refractivity contribution in [3.63, 3.8) is 0 Å². The molecule has 0 aliphatic carbocycles. The topological polar surface area (TPSA) is 180 Å². The Bertz CT molecular complexity index is 1620. The maximum absolute atomic E-state index is 11.7. The van der Waals surface area contributed by atoms with Crippen LogP contribution in [0.1, 0.15) is 45.9 Å². The summed E-state index contributed by atoms with van der Waals surface area (Å²) in [5.41, 5.74) is 2.05. The zero-order chi connectivity index (χ0) is 28.3. The number of aromatic hydroxyl groups is 6. The van der Waals surface area contributed by atoms with Crippen LogP contribution in [0.5, 0.6) is 46.0 Å². The molecule has 0 bridgehead atoms. The van der Waals surface area contributed by atoms with Gasteiger partial charge in [0, 0.05) is 29.5 Å². The minimum atomic E-state index is -1.34. The molecule has 0 radical (unpaired) electrons. The van der Waals surface area contributed by atoms with Gasteiger partial charge < -0.3 is 50.3 Å². The van der Waals surface area contributed by atoms with Gasteiger partial charge in [-0.15, -0.1) is 0 Å². The van der Waals surface area contributed by atoms with Crippen LogP contribution >= 0.6 is 0 Å². The predicted molar refractivity (Wildman–Crippen MR) is 140 cm³/mol. The van der Waals surface area contributed by atoms with Crippen molar-refractivity contribution in [2.45, 2.75) is 36.8 Å². The van der Waals surface area contributed by atoms with Gasteiger partial charge in [0.05, 0.1) is 6.10 Å². The lowest BCUT2D eigenvalue weighted by Gasteiger charge is -2.41. The Kier molecular flexibility index (Phi) is 6.01. The van der Waals surface area contributed by atoms with Crippen LogP contribution < -0.4 is 9.47 Å². The number of aliphatic hydroxyl groups excluding tert-OH is 2. The Morgan fingerprint density at radius 3 is 1.88 bits per heavy atom. The summed E-state index contributed by atoms with van der Waals surface area (Å²) in [6, 6.07) is 15.6. The standard InChI is InChI=1S/C30H26O10/c31-16-4-5-17(20(34)12-16)25-26-24(39-30(27(25)38)15-2-7-19(33)22(36)10-15)8-3-14-11-23(37)28(40-29(14)26)13-1-6-18(32)21(35)9-13/h1-10,12,23,25,27-28,30-38H,11H2/t23-,25+,27-,28+,30+/m0/s1. The summed E-state index contributed by atoms with van der Waals surface area (Å²) in [7, 11) is 0. The maximum Gasteiger partial charge on any atom is 0.157 e. The van der Waals surface area contributed by atoms with Gasteiger partial charge in [0.1, 0.15) is 35.2 Å². The van der Waals surface area contributed by atoms with E-state index in [2.05, 4.69) is 0 Å². The van der Waals surface area contributed by atoms with E-state index in [0.29, 0.717) is 33.8 Å². The molecule has 5 atom stereocenters. The third kappa shape index (κ3) is 4.14. The largest absolute Gasteiger partial charge is 0.508 e. The number of phenols is 6. The van der Waals surface area contributed by atoms with Gasteiger partial charge in [-0.05, 0) is 53.1 Å². The van der Waals surface area contributed by atoms with Crippen LogP contribution in [0.2, 0.25) is 0 Å². The Balaban J connectivity index is 1.52. The van der Waals surface area contributed by atoms with Crippen molar-refractivity contribution in [2.75, 3.05) is 0 Å². The number of fused-ring (bicyclic) bond motifs is 3. The van der Waals surface area contributed by atoms with Crippen LogP contribution in [0, 0.1) is 0 Å². The van der Waals surface area contributed by atoms with E-state index in [0.717, 1.165) is 6.07 Å². The minimum absolute atomic E-state index is 0.161. The van der Waals surface area contributed by atoms with Crippen molar-refractivity contribution in [3.05, 3.63) is 94.5 Å². The SMILES string of the molecule is Oc1ccc([C@@H]2c3c(ccc4c3O[C@H](c3ccc(O)c(O)c3)[C@@H](O)C4)O[C@H](c3ccc(O)c(O)c3)[C@H]2O)c(O)c1. The molecule has 4 aromatic carbocycles. The van der Waals surface area contributed by atoms with Gasteiger partial charge in [0.25, 0.3) is 0 Å². The number of benzene rings is 4. The van der Waals surface area contributed by atoms with Crippen molar-refractivity contribution in [1.29, 1.82) is 0 Å². The zero-order valence-corrected chi connectivity index (χ0v) is 20.8. The first-order valence-electron chi connectivity index (χ1n) is 12.5. The second kappa shape index (κ2) is 9.44. The van der Waals surface area contributed by atoms with E-state index < -0.39 is 36.1 Å². The molecule has 0 saturated heterocycles. The third-order valence-corrected chi connectivity index (χ3v) is 7.48. The number of hydrogen-bond acceptors (Lipinski definition) is 10. The number of phenolic OH excluding ortho intramolecular Hbond substituents is 6. The number of aliphatic hydroxyl groups is 2. The highest BCUT2D eigenvalue weighted by atomic mass is 16.5. The summed E-state index contributed by atoms with van der Waals surface area (Å²) in [5, 5.41) is 83.1. The van der Waals surface area contributed by atoms with Gasteiger partial charge in [-0.3, -0.25) is 0 Å². The molecule has 2 aliphatic rings. The second-order valence-electron chi connectivity index (χ2n) is 10.0. The lowest BCUT2D eigenvalue weighted by atomic mass is 9.77. The van der Waals surface area contributed by atoms with Crippen molar-refractivity contribution < 1.29 is 50.3 Å². The molecular weight excluding hydrogens is 520 g/mol. The molecule has 10 heteroatoms. The molecular formula is C30H26O10. The molecule has 8 N–H and O–H groups in total. The van der Waals surface area contributed by atoms with Crippen molar-refractivity contribution in [2.24, 2.45) is 0 Å². The molecule has 6 rings (SSSR count). The van der Waals surface area contributed by atoms with E-state index in [-0.39, 0.29) is 40.7 Å². The summed E-state index contributed by atoms with van der Waals surface area (Å²) in [5.74, 6) is -2.23. The Morgan fingerprint density at radius 1 is 0.600 bits per heavy atom. The van der Waals surface area contributed by atoms with Gasteiger partial charge in [-0.2, -0.15) is 0 Å². The molecule has 206 valence electrons. The first-order valence-corrected chi connectivity index (χ1v) is 12.5. The molecule has 40 heavy (non-hydrogen) atoms. The van der Waals surface area contributed by atoms with Gasteiger partial charge in [-0.1, -0.05) is 24.3 Å². The predicted octanol–water partition coefficient (Wildman–Crippen LogP) is 3.58. The second-order valence-corrected chi connectivity index (χ2v) is 10.0. The summed E-state index contributed by atoms with van der Waals surface area (Å²) in [4.78, 5) is 0. The van der Waals surface area contributed by atoms with Crippen LogP contribution in [-0.2, 0) is 6.42 Å². The van der Waals surface area contributed by atoms with E-state index in [1.54, 1.807) is 12.1 Å². The normalized spacial score (nSPS) is 23.4. The first kappa shape index (κ1) is 25.5. The molecule has 2 heterocycles. The van der Waals surface area contributed by atoms with Crippen molar-refractivity contribution in [1.82, 2.24) is 0 Å². The smallest absolute Gasteiger partial charge is 0.157 e. The summed E-state index contributed by atoms with van der Waals surface area (Å²) in [6.07, 6.45) is -4.16. The van der Waals surface area contributed by atoms with Crippen LogP contribution in [0.15, 0.2) is 66.7 Å². The van der Waals surface area contributed by atoms with Gasteiger partial charge in [0.15, 0.2) is 29.1 Å². The zero-order valence-electron chi connectivity index (χ0n) is 20.8. The van der Waals surface area contributed by atoms with Gasteiger partial charge >= 0.3 is 0 Å². The first-order chi connectivity index (χ1) is 19.1. The summed E-state index contributed by atoms with van der Waals surface area (Å²) >= 11 is 0. The van der Waals surface area contributed by atoms with Crippen LogP contribution in [0.25, 0.3) is 0 Å². The summed E-state index contributed by atoms with van der Waals surface area (Å²) < 4.78 is 12.5. The fourth-order valence-corrected chi connectivity index (χ4v) is 5.54. The van der Waals surface area contributed by atoms with E-state index in [1.807, 2.05) is 0 Å². The molecule has 0 amide bonds. The average Bonchev–Trinajstić information content (AvgIpc) is 2.92. The maximum atomic E-state index is 11.7. The highest BCUT2D eigenvalue weighted by molar-refractivity contribution is 5.61. The lowest BCUT2D eigenvalue weighted by molar-refractivity contribution is -0.00180. The van der Waals surface area contributed by atoms with Gasteiger partial charge in [0.2, 0.25) is 0 Å². The van der Waals surface area contributed by atoms with Crippen LogP contribution in [0.3, 0.4) is 0 Å². The molecule has 10 nitrogen and oxygen atoms in total. The van der Waals surface area contributed by atoms with Crippen molar-refractivity contribution in [3.8, 4) is 46.0 Å². The molecule has 0 fully saturated rings. The Labute approximate surface area is 227 Å². The molecule has 4 aromatic rings.